The molecular formula is C13H15BrN2O2. The highest BCUT2D eigenvalue weighted by Crippen LogP contribution is 2.26. The van der Waals surface area contributed by atoms with Crippen LogP contribution in [0.25, 0.3) is 11.5 Å². The highest BCUT2D eigenvalue weighted by atomic mass is 79.9. The monoisotopic (exact) mass is 310 g/mol. The minimum Gasteiger partial charge on any atom is -0.385 e. The van der Waals surface area contributed by atoms with Gasteiger partial charge in [-0.3, -0.25) is 0 Å². The van der Waals surface area contributed by atoms with Crippen LogP contribution in [-0.2, 0) is 0 Å². The van der Waals surface area contributed by atoms with Crippen LogP contribution < -0.4 is 0 Å². The summed E-state index contributed by atoms with van der Waals surface area (Å²) in [5.41, 5.74) is 1.94. The van der Waals surface area contributed by atoms with E-state index >= 15 is 0 Å². The van der Waals surface area contributed by atoms with Gasteiger partial charge < -0.3 is 9.63 Å². The molecule has 2 rings (SSSR count). The van der Waals surface area contributed by atoms with Gasteiger partial charge in [0.2, 0.25) is 5.82 Å². The second kappa shape index (κ2) is 5.63. The zero-order valence-electron chi connectivity index (χ0n) is 10.4. The number of hydrogen-bond donors (Lipinski definition) is 1. The number of nitrogens with zero attached hydrogens (tertiary/aromatic N) is 2. The van der Waals surface area contributed by atoms with Crippen molar-refractivity contribution in [1.29, 1.82) is 0 Å². The molecule has 0 bridgehead atoms. The summed E-state index contributed by atoms with van der Waals surface area (Å²) in [6, 6.07) is 5.87. The van der Waals surface area contributed by atoms with E-state index in [0.717, 1.165) is 22.0 Å². The summed E-state index contributed by atoms with van der Waals surface area (Å²) >= 11 is 3.41. The number of rotatable bonds is 4. The average molecular weight is 311 g/mol. The third-order valence-electron chi connectivity index (χ3n) is 2.73. The molecule has 0 saturated carbocycles. The Balaban J connectivity index is 2.32. The van der Waals surface area contributed by atoms with E-state index in [0.29, 0.717) is 18.1 Å². The molecule has 0 fully saturated rings. The second-order valence-corrected chi connectivity index (χ2v) is 5.14. The molecule has 1 aromatic carbocycles. The Morgan fingerprint density at radius 2 is 2.22 bits per heavy atom. The largest absolute Gasteiger partial charge is 0.385 e. The third-order valence-corrected chi connectivity index (χ3v) is 3.23. The van der Waals surface area contributed by atoms with Crippen LogP contribution in [0.2, 0.25) is 0 Å². The lowest BCUT2D eigenvalue weighted by Gasteiger charge is -2.02. The fourth-order valence-corrected chi connectivity index (χ4v) is 2.07. The van der Waals surface area contributed by atoms with Gasteiger partial charge in [0.15, 0.2) is 0 Å². The van der Waals surface area contributed by atoms with Gasteiger partial charge in [-0.25, -0.2) is 0 Å². The number of halogens is 1. The maximum atomic E-state index is 9.81. The Bertz CT molecular complexity index is 540. The van der Waals surface area contributed by atoms with Gasteiger partial charge in [0.1, 0.15) is 6.10 Å². The fourth-order valence-electron chi connectivity index (χ4n) is 1.71. The number of aryl methyl sites for hydroxylation is 1. The minimum absolute atomic E-state index is 0.353. The molecule has 0 aliphatic carbocycles. The van der Waals surface area contributed by atoms with Crippen molar-refractivity contribution >= 4 is 15.9 Å². The number of benzene rings is 1. The molecule has 5 heteroatoms. The van der Waals surface area contributed by atoms with Crippen LogP contribution >= 0.6 is 15.9 Å². The first-order chi connectivity index (χ1) is 8.61. The Labute approximate surface area is 114 Å². The summed E-state index contributed by atoms with van der Waals surface area (Å²) in [7, 11) is 0. The molecule has 2 aromatic rings. The zero-order chi connectivity index (χ0) is 13.1. The SMILES string of the molecule is CCCC(O)c1noc(-c2cc(Br)ccc2C)n1. The quantitative estimate of drug-likeness (QED) is 0.936. The molecule has 96 valence electrons. The molecule has 0 saturated heterocycles. The zero-order valence-corrected chi connectivity index (χ0v) is 11.9. The normalized spacial score (nSPS) is 12.7. The fraction of sp³-hybridized carbons (Fsp3) is 0.385. The van der Waals surface area contributed by atoms with Crippen LogP contribution in [-0.4, -0.2) is 15.2 Å². The third kappa shape index (κ3) is 2.79. The maximum Gasteiger partial charge on any atom is 0.258 e. The maximum absolute atomic E-state index is 9.81. The predicted molar refractivity (Wildman–Crippen MR) is 72.0 cm³/mol. The second-order valence-electron chi connectivity index (χ2n) is 4.22. The lowest BCUT2D eigenvalue weighted by molar-refractivity contribution is 0.153. The first-order valence-corrected chi connectivity index (χ1v) is 6.69. The van der Waals surface area contributed by atoms with Crippen molar-refractivity contribution in [3.8, 4) is 11.5 Å². The summed E-state index contributed by atoms with van der Waals surface area (Å²) in [6.07, 6.45) is 0.858. The average Bonchev–Trinajstić information content (AvgIpc) is 2.82. The molecule has 0 aliphatic heterocycles. The predicted octanol–water partition coefficient (Wildman–Crippen LogP) is 3.64. The van der Waals surface area contributed by atoms with Crippen molar-refractivity contribution < 1.29 is 9.63 Å². The first-order valence-electron chi connectivity index (χ1n) is 5.90. The lowest BCUT2D eigenvalue weighted by atomic mass is 10.1. The Morgan fingerprint density at radius 1 is 1.44 bits per heavy atom. The molecule has 4 nitrogen and oxygen atoms in total. The molecule has 18 heavy (non-hydrogen) atoms. The van der Waals surface area contributed by atoms with E-state index in [1.165, 1.54) is 0 Å². The molecule has 0 radical (unpaired) electrons. The smallest absolute Gasteiger partial charge is 0.258 e. The lowest BCUT2D eigenvalue weighted by Crippen LogP contribution is -1.98. The Hall–Kier alpha value is -1.20. The van der Waals surface area contributed by atoms with E-state index < -0.39 is 6.10 Å². The summed E-state index contributed by atoms with van der Waals surface area (Å²) in [5.74, 6) is 0.796. The van der Waals surface area contributed by atoms with Crippen molar-refractivity contribution in [3.63, 3.8) is 0 Å². The summed E-state index contributed by atoms with van der Waals surface area (Å²) in [6.45, 7) is 3.98. The van der Waals surface area contributed by atoms with Gasteiger partial charge in [0.25, 0.3) is 5.89 Å². The Morgan fingerprint density at radius 3 is 2.94 bits per heavy atom. The molecule has 0 aliphatic rings. The van der Waals surface area contributed by atoms with Crippen molar-refractivity contribution in [1.82, 2.24) is 10.1 Å². The van der Waals surface area contributed by atoms with Gasteiger partial charge in [-0.1, -0.05) is 40.5 Å². The molecule has 1 atom stereocenters. The van der Waals surface area contributed by atoms with Gasteiger partial charge in [0.05, 0.1) is 0 Å². The molecular weight excluding hydrogens is 296 g/mol. The van der Waals surface area contributed by atoms with Gasteiger partial charge in [0, 0.05) is 10.0 Å². The Kier molecular flexibility index (Phi) is 4.14. The number of aliphatic hydroxyl groups is 1. The number of aliphatic hydroxyl groups excluding tert-OH is 1. The highest BCUT2D eigenvalue weighted by molar-refractivity contribution is 9.10. The molecule has 1 unspecified atom stereocenters. The van der Waals surface area contributed by atoms with Crippen molar-refractivity contribution in [2.24, 2.45) is 0 Å². The highest BCUT2D eigenvalue weighted by Gasteiger charge is 2.16. The van der Waals surface area contributed by atoms with E-state index in [-0.39, 0.29) is 0 Å². The minimum atomic E-state index is -0.653. The van der Waals surface area contributed by atoms with Crippen LogP contribution in [0.15, 0.2) is 27.2 Å². The van der Waals surface area contributed by atoms with Crippen LogP contribution in [0, 0.1) is 6.92 Å². The van der Waals surface area contributed by atoms with Crippen LogP contribution in [0.3, 0.4) is 0 Å². The van der Waals surface area contributed by atoms with Gasteiger partial charge in [-0.2, -0.15) is 4.98 Å². The van der Waals surface area contributed by atoms with Crippen LogP contribution in [0.5, 0.6) is 0 Å². The van der Waals surface area contributed by atoms with E-state index in [1.54, 1.807) is 0 Å². The van der Waals surface area contributed by atoms with Crippen molar-refractivity contribution in [3.05, 3.63) is 34.1 Å². The molecule has 1 heterocycles. The summed E-state index contributed by atoms with van der Waals surface area (Å²) < 4.78 is 6.17. The molecule has 1 aromatic heterocycles. The van der Waals surface area contributed by atoms with Gasteiger partial charge in [-0.05, 0) is 31.0 Å². The van der Waals surface area contributed by atoms with Crippen molar-refractivity contribution in [2.75, 3.05) is 0 Å². The number of hydrogen-bond acceptors (Lipinski definition) is 4. The first kappa shape index (κ1) is 13.2. The summed E-state index contributed by atoms with van der Waals surface area (Å²) in [4.78, 5) is 4.25. The summed E-state index contributed by atoms with van der Waals surface area (Å²) in [5, 5.41) is 13.6. The van der Waals surface area contributed by atoms with Crippen LogP contribution in [0.4, 0.5) is 0 Å². The van der Waals surface area contributed by atoms with Crippen molar-refractivity contribution in [2.45, 2.75) is 32.8 Å². The van der Waals surface area contributed by atoms with Gasteiger partial charge in [-0.15, -0.1) is 0 Å². The number of aromatic nitrogens is 2. The molecule has 1 N–H and O–H groups in total. The topological polar surface area (TPSA) is 59.2 Å². The molecule has 0 spiro atoms. The molecule has 0 amide bonds. The van der Waals surface area contributed by atoms with Gasteiger partial charge >= 0.3 is 0 Å². The van der Waals surface area contributed by atoms with E-state index in [1.807, 2.05) is 32.0 Å². The van der Waals surface area contributed by atoms with E-state index in [2.05, 4.69) is 26.1 Å². The van der Waals surface area contributed by atoms with E-state index in [4.69, 9.17) is 4.52 Å². The van der Waals surface area contributed by atoms with Crippen LogP contribution in [0.1, 0.15) is 37.3 Å². The van der Waals surface area contributed by atoms with E-state index in [9.17, 15) is 5.11 Å². The standard InChI is InChI=1S/C13H15BrN2O2/c1-3-4-11(17)12-15-13(18-16-12)10-7-9(14)6-5-8(10)2/h5-7,11,17H,3-4H2,1-2H3.